The minimum absolute atomic E-state index is 0.0902. The van der Waals surface area contributed by atoms with Crippen molar-refractivity contribution >= 4 is 17.7 Å². The van der Waals surface area contributed by atoms with E-state index >= 15 is 0 Å². The maximum atomic E-state index is 12.2. The van der Waals surface area contributed by atoms with Crippen LogP contribution in [0.15, 0.2) is 54.3 Å². The van der Waals surface area contributed by atoms with E-state index < -0.39 is 0 Å². The number of nitrogens with zero attached hydrogens (tertiary/aromatic N) is 5. The highest BCUT2D eigenvalue weighted by molar-refractivity contribution is 7.99. The van der Waals surface area contributed by atoms with Gasteiger partial charge < -0.3 is 5.32 Å². The Balaban J connectivity index is 1.62. The molecular formula is C18H18N6OS. The Bertz CT molecular complexity index is 875. The van der Waals surface area contributed by atoms with Gasteiger partial charge in [0.2, 0.25) is 5.91 Å². The lowest BCUT2D eigenvalue weighted by atomic mass is 10.1. The minimum atomic E-state index is -0.189. The molecule has 0 spiro atoms. The minimum Gasteiger partial charge on any atom is -0.349 e. The van der Waals surface area contributed by atoms with Gasteiger partial charge in [-0.3, -0.25) is 9.78 Å². The molecule has 8 heteroatoms. The zero-order valence-electron chi connectivity index (χ0n) is 14.5. The van der Waals surface area contributed by atoms with E-state index in [4.69, 9.17) is 0 Å². The van der Waals surface area contributed by atoms with E-state index in [1.54, 1.807) is 37.1 Å². The molecule has 3 aromatic rings. The fourth-order valence-corrected chi connectivity index (χ4v) is 3.01. The van der Waals surface area contributed by atoms with Crippen LogP contribution in [0.25, 0.3) is 11.4 Å². The maximum absolute atomic E-state index is 12.2. The molecule has 0 saturated carbocycles. The molecule has 1 N–H and O–H groups in total. The number of aromatic nitrogens is 5. The molecule has 0 bridgehead atoms. The first kappa shape index (κ1) is 17.9. The first-order valence-corrected chi connectivity index (χ1v) is 9.05. The van der Waals surface area contributed by atoms with Crippen molar-refractivity contribution in [3.05, 3.63) is 60.4 Å². The molecule has 1 amide bonds. The maximum Gasteiger partial charge on any atom is 0.230 e. The van der Waals surface area contributed by atoms with E-state index in [9.17, 15) is 4.79 Å². The number of pyridine rings is 1. The molecule has 3 rings (SSSR count). The lowest BCUT2D eigenvalue weighted by Gasteiger charge is -2.16. The molecule has 3 aromatic heterocycles. The summed E-state index contributed by atoms with van der Waals surface area (Å²) in [6, 6.07) is 5.28. The number of carbonyl (C=O) groups is 1. The van der Waals surface area contributed by atoms with Gasteiger partial charge in [-0.1, -0.05) is 11.8 Å². The van der Waals surface area contributed by atoms with Gasteiger partial charge in [-0.05, 0) is 32.0 Å². The molecule has 0 aliphatic carbocycles. The van der Waals surface area contributed by atoms with Crippen LogP contribution >= 0.6 is 11.8 Å². The van der Waals surface area contributed by atoms with Gasteiger partial charge >= 0.3 is 0 Å². The second kappa shape index (κ2) is 8.48. The highest BCUT2D eigenvalue weighted by Gasteiger charge is 2.15. The van der Waals surface area contributed by atoms with Crippen molar-refractivity contribution in [2.45, 2.75) is 25.0 Å². The zero-order chi connectivity index (χ0) is 18.4. The Morgan fingerprint density at radius 3 is 2.58 bits per heavy atom. The van der Waals surface area contributed by atoms with Crippen LogP contribution in [-0.4, -0.2) is 36.6 Å². The SMILES string of the molecule is Cc1nc(-c2ccncc2)ncc1[C@@H](C)NC(=O)CSc1ncccn1. The third kappa shape index (κ3) is 4.60. The fourth-order valence-electron chi connectivity index (χ4n) is 2.39. The first-order valence-electron chi connectivity index (χ1n) is 8.06. The molecule has 7 nitrogen and oxygen atoms in total. The van der Waals surface area contributed by atoms with Crippen molar-refractivity contribution in [2.75, 3.05) is 5.75 Å². The van der Waals surface area contributed by atoms with Crippen molar-refractivity contribution in [3.63, 3.8) is 0 Å². The molecule has 0 aliphatic heterocycles. The van der Waals surface area contributed by atoms with Gasteiger partial charge in [0.05, 0.1) is 11.8 Å². The highest BCUT2D eigenvalue weighted by Crippen LogP contribution is 2.20. The predicted molar refractivity (Wildman–Crippen MR) is 99.3 cm³/mol. The lowest BCUT2D eigenvalue weighted by Crippen LogP contribution is -2.29. The van der Waals surface area contributed by atoms with E-state index in [0.717, 1.165) is 16.8 Å². The molecule has 0 fully saturated rings. The van der Waals surface area contributed by atoms with Crippen molar-refractivity contribution < 1.29 is 4.79 Å². The molecule has 26 heavy (non-hydrogen) atoms. The number of thioether (sulfide) groups is 1. The highest BCUT2D eigenvalue weighted by atomic mass is 32.2. The summed E-state index contributed by atoms with van der Waals surface area (Å²) >= 11 is 1.30. The lowest BCUT2D eigenvalue weighted by molar-refractivity contribution is -0.119. The Kier molecular flexibility index (Phi) is 5.85. The molecule has 3 heterocycles. The number of rotatable bonds is 6. The van der Waals surface area contributed by atoms with E-state index in [2.05, 4.69) is 30.2 Å². The van der Waals surface area contributed by atoms with Crippen LogP contribution in [0.1, 0.15) is 24.2 Å². The number of hydrogen-bond acceptors (Lipinski definition) is 7. The molecule has 0 radical (unpaired) electrons. The average Bonchev–Trinajstić information content (AvgIpc) is 2.67. The molecule has 0 saturated heterocycles. The van der Waals surface area contributed by atoms with Crippen LogP contribution in [0, 0.1) is 6.92 Å². The Morgan fingerprint density at radius 1 is 1.15 bits per heavy atom. The van der Waals surface area contributed by atoms with Crippen LogP contribution in [0.2, 0.25) is 0 Å². The number of nitrogens with one attached hydrogen (secondary N) is 1. The quantitative estimate of drug-likeness (QED) is 0.529. The number of hydrogen-bond donors (Lipinski definition) is 1. The summed E-state index contributed by atoms with van der Waals surface area (Å²) in [7, 11) is 0. The Hall–Kier alpha value is -2.87. The normalized spacial score (nSPS) is 11.8. The van der Waals surface area contributed by atoms with E-state index in [-0.39, 0.29) is 17.7 Å². The summed E-state index contributed by atoms with van der Waals surface area (Å²) < 4.78 is 0. The molecule has 1 atom stereocenters. The summed E-state index contributed by atoms with van der Waals surface area (Å²) in [4.78, 5) is 33.3. The standard InChI is InChI=1S/C18H18N6OS/c1-12(23-16(25)11-26-18-20-6-3-7-21-18)15-10-22-17(24-13(15)2)14-4-8-19-9-5-14/h3-10,12H,11H2,1-2H3,(H,23,25)/t12-/m1/s1. The summed E-state index contributed by atoms with van der Waals surface area (Å²) in [6.07, 6.45) is 8.48. The average molecular weight is 366 g/mol. The smallest absolute Gasteiger partial charge is 0.230 e. The van der Waals surface area contributed by atoms with Crippen molar-refractivity contribution in [1.82, 2.24) is 30.2 Å². The Morgan fingerprint density at radius 2 is 1.88 bits per heavy atom. The monoisotopic (exact) mass is 366 g/mol. The van der Waals surface area contributed by atoms with Crippen molar-refractivity contribution in [1.29, 1.82) is 0 Å². The third-order valence-corrected chi connectivity index (χ3v) is 4.55. The zero-order valence-corrected chi connectivity index (χ0v) is 15.3. The van der Waals surface area contributed by atoms with Crippen LogP contribution in [0.3, 0.4) is 0 Å². The fraction of sp³-hybridized carbons (Fsp3) is 0.222. The van der Waals surface area contributed by atoms with Gasteiger partial charge in [-0.25, -0.2) is 19.9 Å². The van der Waals surface area contributed by atoms with Gasteiger partial charge in [0.25, 0.3) is 0 Å². The topological polar surface area (TPSA) is 93.6 Å². The van der Waals surface area contributed by atoms with E-state index in [0.29, 0.717) is 11.0 Å². The second-order valence-corrected chi connectivity index (χ2v) is 6.52. The van der Waals surface area contributed by atoms with Crippen LogP contribution in [0.5, 0.6) is 0 Å². The number of aryl methyl sites for hydroxylation is 1. The summed E-state index contributed by atoms with van der Waals surface area (Å²) in [5.74, 6) is 0.806. The van der Waals surface area contributed by atoms with Crippen molar-refractivity contribution in [2.24, 2.45) is 0 Å². The van der Waals surface area contributed by atoms with Crippen LogP contribution < -0.4 is 5.32 Å². The van der Waals surface area contributed by atoms with Gasteiger partial charge in [-0.2, -0.15) is 0 Å². The molecular weight excluding hydrogens is 348 g/mol. The Labute approximate surface area is 155 Å². The predicted octanol–water partition coefficient (Wildman–Crippen LogP) is 2.61. The molecule has 0 unspecified atom stereocenters. The summed E-state index contributed by atoms with van der Waals surface area (Å²) in [5, 5.41) is 3.54. The van der Waals surface area contributed by atoms with Crippen molar-refractivity contribution in [3.8, 4) is 11.4 Å². The van der Waals surface area contributed by atoms with Gasteiger partial charge in [0, 0.05) is 47.8 Å². The number of amides is 1. The van der Waals surface area contributed by atoms with Crippen LogP contribution in [-0.2, 0) is 4.79 Å². The first-order chi connectivity index (χ1) is 12.6. The second-order valence-electron chi connectivity index (χ2n) is 5.58. The van der Waals surface area contributed by atoms with Gasteiger partial charge in [-0.15, -0.1) is 0 Å². The summed E-state index contributed by atoms with van der Waals surface area (Å²) in [5.41, 5.74) is 2.63. The van der Waals surface area contributed by atoms with E-state index in [1.165, 1.54) is 11.8 Å². The number of carbonyl (C=O) groups excluding carboxylic acids is 1. The molecule has 132 valence electrons. The van der Waals surface area contributed by atoms with Crippen LogP contribution in [0.4, 0.5) is 0 Å². The van der Waals surface area contributed by atoms with E-state index in [1.807, 2.05) is 26.0 Å². The van der Waals surface area contributed by atoms with Gasteiger partial charge in [0.15, 0.2) is 11.0 Å². The molecule has 0 aliphatic rings. The third-order valence-electron chi connectivity index (χ3n) is 3.67. The van der Waals surface area contributed by atoms with Gasteiger partial charge in [0.1, 0.15) is 0 Å². The largest absolute Gasteiger partial charge is 0.349 e. The molecule has 0 aromatic carbocycles. The summed E-state index contributed by atoms with van der Waals surface area (Å²) in [6.45, 7) is 3.83.